The topological polar surface area (TPSA) is 39.1 Å². The molecule has 4 nitrogen and oxygen atoms in total. The van der Waals surface area contributed by atoms with Crippen LogP contribution in [0.15, 0.2) is 6.20 Å². The van der Waals surface area contributed by atoms with Gasteiger partial charge in [-0.1, -0.05) is 0 Å². The van der Waals surface area contributed by atoms with Crippen molar-refractivity contribution in [3.63, 3.8) is 0 Å². The van der Waals surface area contributed by atoms with E-state index in [0.717, 1.165) is 32.1 Å². The van der Waals surface area contributed by atoms with Gasteiger partial charge in [-0.3, -0.25) is 0 Å². The molecule has 0 bridgehead atoms. The quantitative estimate of drug-likeness (QED) is 0.664. The van der Waals surface area contributed by atoms with Crippen molar-refractivity contribution in [1.82, 2.24) is 14.9 Å². The Balaban J connectivity index is 1.95. The Labute approximate surface area is 76.9 Å². The van der Waals surface area contributed by atoms with E-state index in [4.69, 9.17) is 4.74 Å². The number of hydrogen-bond donors (Lipinski definition) is 1. The lowest BCUT2D eigenvalue weighted by Crippen LogP contribution is -2.41. The van der Waals surface area contributed by atoms with E-state index in [1.165, 1.54) is 5.69 Å². The van der Waals surface area contributed by atoms with E-state index < -0.39 is 0 Å². The van der Waals surface area contributed by atoms with E-state index >= 15 is 0 Å². The first kappa shape index (κ1) is 7.53. The number of fused-ring (bicyclic) bond motifs is 1. The summed E-state index contributed by atoms with van der Waals surface area (Å²) in [5.41, 5.74) is 1.39. The normalized spacial score (nSPS) is 22.5. The average Bonchev–Trinajstić information content (AvgIpc) is 2.47. The maximum atomic E-state index is 5.34. The Bertz CT molecular complexity index is 317. The molecular weight excluding hydrogens is 166 g/mol. The summed E-state index contributed by atoms with van der Waals surface area (Å²) in [7, 11) is 0. The van der Waals surface area contributed by atoms with Crippen LogP contribution in [0.1, 0.15) is 17.4 Å². The molecule has 70 valence electrons. The van der Waals surface area contributed by atoms with Gasteiger partial charge >= 0.3 is 0 Å². The van der Waals surface area contributed by atoms with Crippen LogP contribution in [0.4, 0.5) is 0 Å². The van der Waals surface area contributed by atoms with Crippen molar-refractivity contribution in [2.75, 3.05) is 19.7 Å². The van der Waals surface area contributed by atoms with E-state index in [9.17, 15) is 0 Å². The minimum atomic E-state index is 0.680. The SMILES string of the molecule is c1nc2n(c1C1CNC1)CCOC2. The van der Waals surface area contributed by atoms with Gasteiger partial charge < -0.3 is 14.6 Å². The smallest absolute Gasteiger partial charge is 0.135 e. The summed E-state index contributed by atoms with van der Waals surface area (Å²) >= 11 is 0. The van der Waals surface area contributed by atoms with Gasteiger partial charge in [0, 0.05) is 37.4 Å². The molecule has 0 amide bonds. The highest BCUT2D eigenvalue weighted by molar-refractivity contribution is 5.15. The van der Waals surface area contributed by atoms with E-state index in [1.807, 2.05) is 6.20 Å². The van der Waals surface area contributed by atoms with Gasteiger partial charge in [-0.25, -0.2) is 4.98 Å². The van der Waals surface area contributed by atoms with Gasteiger partial charge in [0.15, 0.2) is 0 Å². The van der Waals surface area contributed by atoms with Gasteiger partial charge in [-0.15, -0.1) is 0 Å². The van der Waals surface area contributed by atoms with Crippen LogP contribution in [0.5, 0.6) is 0 Å². The second-order valence-electron chi connectivity index (χ2n) is 3.66. The standard InChI is InChI=1S/C9H13N3O/c1-2-13-6-9-11-5-8(12(1)9)7-3-10-4-7/h5,7,10H,1-4,6H2. The zero-order valence-corrected chi connectivity index (χ0v) is 7.49. The molecule has 1 aromatic rings. The van der Waals surface area contributed by atoms with Crippen LogP contribution in [0.25, 0.3) is 0 Å². The van der Waals surface area contributed by atoms with Gasteiger partial charge in [-0.2, -0.15) is 0 Å². The van der Waals surface area contributed by atoms with Crippen LogP contribution in [-0.4, -0.2) is 29.2 Å². The van der Waals surface area contributed by atoms with Crippen molar-refractivity contribution in [1.29, 1.82) is 0 Å². The number of imidazole rings is 1. The zero-order valence-electron chi connectivity index (χ0n) is 7.49. The number of rotatable bonds is 1. The van der Waals surface area contributed by atoms with Crippen LogP contribution in [0.2, 0.25) is 0 Å². The molecule has 2 aliphatic rings. The Morgan fingerprint density at radius 3 is 3.23 bits per heavy atom. The monoisotopic (exact) mass is 179 g/mol. The largest absolute Gasteiger partial charge is 0.372 e. The Morgan fingerprint density at radius 1 is 1.54 bits per heavy atom. The van der Waals surface area contributed by atoms with Crippen molar-refractivity contribution in [3.05, 3.63) is 17.7 Å². The molecular formula is C9H13N3O. The van der Waals surface area contributed by atoms with E-state index in [-0.39, 0.29) is 0 Å². The van der Waals surface area contributed by atoms with Gasteiger partial charge in [0.1, 0.15) is 12.4 Å². The lowest BCUT2D eigenvalue weighted by Gasteiger charge is -2.29. The zero-order chi connectivity index (χ0) is 8.67. The predicted octanol–water partition coefficient (Wildman–Crippen LogP) is 0.100. The fourth-order valence-electron chi connectivity index (χ4n) is 1.95. The fraction of sp³-hybridized carbons (Fsp3) is 0.667. The van der Waals surface area contributed by atoms with Crippen LogP contribution >= 0.6 is 0 Å². The number of aromatic nitrogens is 2. The van der Waals surface area contributed by atoms with Crippen molar-refractivity contribution in [3.8, 4) is 0 Å². The molecule has 3 heterocycles. The second kappa shape index (κ2) is 2.82. The van der Waals surface area contributed by atoms with Crippen LogP contribution in [0.3, 0.4) is 0 Å². The molecule has 1 aromatic heterocycles. The molecule has 0 radical (unpaired) electrons. The van der Waals surface area contributed by atoms with Gasteiger partial charge in [0.25, 0.3) is 0 Å². The highest BCUT2D eigenvalue weighted by atomic mass is 16.5. The molecule has 0 saturated carbocycles. The van der Waals surface area contributed by atoms with Crippen molar-refractivity contribution in [2.24, 2.45) is 0 Å². The highest BCUT2D eigenvalue weighted by Crippen LogP contribution is 2.22. The van der Waals surface area contributed by atoms with Crippen molar-refractivity contribution < 1.29 is 4.74 Å². The van der Waals surface area contributed by atoms with E-state index in [2.05, 4.69) is 14.9 Å². The molecule has 3 rings (SSSR count). The molecule has 0 atom stereocenters. The van der Waals surface area contributed by atoms with Gasteiger partial charge in [0.05, 0.1) is 6.61 Å². The van der Waals surface area contributed by atoms with E-state index in [0.29, 0.717) is 12.5 Å². The number of nitrogens with zero attached hydrogens (tertiary/aromatic N) is 2. The Hall–Kier alpha value is -0.870. The molecule has 0 aliphatic carbocycles. The van der Waals surface area contributed by atoms with Crippen molar-refractivity contribution >= 4 is 0 Å². The first-order chi connectivity index (χ1) is 6.45. The second-order valence-corrected chi connectivity index (χ2v) is 3.66. The number of nitrogens with one attached hydrogen (secondary N) is 1. The third kappa shape index (κ3) is 1.09. The van der Waals surface area contributed by atoms with Gasteiger partial charge in [0.2, 0.25) is 0 Å². The van der Waals surface area contributed by atoms with Gasteiger partial charge in [-0.05, 0) is 0 Å². The van der Waals surface area contributed by atoms with Crippen LogP contribution in [0, 0.1) is 0 Å². The third-order valence-corrected chi connectivity index (χ3v) is 2.86. The minimum absolute atomic E-state index is 0.680. The average molecular weight is 179 g/mol. The van der Waals surface area contributed by atoms with Crippen LogP contribution < -0.4 is 5.32 Å². The summed E-state index contributed by atoms with van der Waals surface area (Å²) in [4.78, 5) is 4.37. The molecule has 0 aromatic carbocycles. The lowest BCUT2D eigenvalue weighted by atomic mass is 10.00. The summed E-state index contributed by atoms with van der Waals surface area (Å²) in [5, 5.41) is 3.28. The molecule has 0 spiro atoms. The summed E-state index contributed by atoms with van der Waals surface area (Å²) in [6.07, 6.45) is 2.01. The minimum Gasteiger partial charge on any atom is -0.372 e. The van der Waals surface area contributed by atoms with Crippen LogP contribution in [-0.2, 0) is 17.9 Å². The summed E-state index contributed by atoms with van der Waals surface area (Å²) in [6.45, 7) is 4.69. The number of ether oxygens (including phenoxy) is 1. The molecule has 1 N–H and O–H groups in total. The summed E-state index contributed by atoms with van der Waals surface area (Å²) < 4.78 is 7.66. The predicted molar refractivity (Wildman–Crippen MR) is 47.5 cm³/mol. The molecule has 2 aliphatic heterocycles. The number of hydrogen-bond acceptors (Lipinski definition) is 3. The highest BCUT2D eigenvalue weighted by Gasteiger charge is 2.25. The first-order valence-corrected chi connectivity index (χ1v) is 4.78. The maximum absolute atomic E-state index is 5.34. The third-order valence-electron chi connectivity index (χ3n) is 2.86. The van der Waals surface area contributed by atoms with Crippen molar-refractivity contribution in [2.45, 2.75) is 19.1 Å². The molecule has 0 unspecified atom stereocenters. The maximum Gasteiger partial charge on any atom is 0.135 e. The Morgan fingerprint density at radius 2 is 2.46 bits per heavy atom. The fourth-order valence-corrected chi connectivity index (χ4v) is 1.95. The Kier molecular flexibility index (Phi) is 1.63. The molecule has 1 fully saturated rings. The first-order valence-electron chi connectivity index (χ1n) is 4.78. The summed E-state index contributed by atoms with van der Waals surface area (Å²) in [5.74, 6) is 1.77. The molecule has 1 saturated heterocycles. The molecule has 13 heavy (non-hydrogen) atoms. The van der Waals surface area contributed by atoms with E-state index in [1.54, 1.807) is 0 Å². The molecule has 4 heteroatoms. The summed E-state index contributed by atoms with van der Waals surface area (Å²) in [6, 6.07) is 0. The lowest BCUT2D eigenvalue weighted by molar-refractivity contribution is 0.0798.